The Morgan fingerprint density at radius 3 is 2.59 bits per heavy atom. The number of aryl methyl sites for hydroxylation is 2. The van der Waals surface area contributed by atoms with Crippen molar-refractivity contribution >= 4 is 22.9 Å². The van der Waals surface area contributed by atoms with E-state index in [1.165, 1.54) is 23.6 Å². The molecule has 0 unspecified atom stereocenters. The first-order valence-corrected chi connectivity index (χ1v) is 9.14. The number of hydrogen-bond donors (Lipinski definition) is 2. The molecule has 0 spiro atoms. The second-order valence-corrected chi connectivity index (χ2v) is 7.14. The quantitative estimate of drug-likeness (QED) is 0.498. The first-order chi connectivity index (χ1) is 12.9. The molecule has 140 valence electrons. The van der Waals surface area contributed by atoms with Crippen molar-refractivity contribution in [2.24, 2.45) is 0 Å². The van der Waals surface area contributed by atoms with Crippen LogP contribution < -0.4 is 5.32 Å². The molecule has 4 nitrogen and oxygen atoms in total. The largest absolute Gasteiger partial charge is 0.491 e. The summed E-state index contributed by atoms with van der Waals surface area (Å²) in [6, 6.07) is 12.8. The Morgan fingerprint density at radius 1 is 1.11 bits per heavy atom. The predicted octanol–water partition coefficient (Wildman–Crippen LogP) is 4.96. The number of hydrogen-bond acceptors (Lipinski definition) is 2. The number of methoxy groups -OCH3 is 1. The second-order valence-electron chi connectivity index (χ2n) is 7.14. The molecule has 2 N–H and O–H groups in total. The average Bonchev–Trinajstić information content (AvgIpc) is 3.09. The van der Waals surface area contributed by atoms with E-state index in [4.69, 9.17) is 4.74 Å². The Hall–Kier alpha value is -3.01. The molecule has 0 fully saturated rings. The Labute approximate surface area is 160 Å². The number of aromatic nitrogens is 1. The van der Waals surface area contributed by atoms with E-state index in [-0.39, 0.29) is 11.9 Å². The Balaban J connectivity index is 1.99. The molecule has 1 heterocycles. The van der Waals surface area contributed by atoms with Crippen LogP contribution in [0.15, 0.2) is 48.4 Å². The lowest BCUT2D eigenvalue weighted by atomic mass is 9.94. The number of benzene rings is 2. The van der Waals surface area contributed by atoms with Gasteiger partial charge in [-0.2, -0.15) is 0 Å². The lowest BCUT2D eigenvalue weighted by molar-refractivity contribution is -0.120. The Morgan fingerprint density at radius 2 is 1.89 bits per heavy atom. The van der Waals surface area contributed by atoms with Crippen LogP contribution in [0.25, 0.3) is 28.1 Å². The van der Waals surface area contributed by atoms with E-state index < -0.39 is 0 Å². The van der Waals surface area contributed by atoms with Crippen molar-refractivity contribution in [3.63, 3.8) is 0 Å². The number of carbonyl (C=O) groups excluding carboxylic acids is 1. The normalized spacial score (nSPS) is 11.9. The van der Waals surface area contributed by atoms with Crippen molar-refractivity contribution in [1.29, 1.82) is 0 Å². The molecule has 4 heteroatoms. The van der Waals surface area contributed by atoms with Crippen molar-refractivity contribution in [3.05, 3.63) is 65.0 Å². The van der Waals surface area contributed by atoms with E-state index in [2.05, 4.69) is 60.5 Å². The van der Waals surface area contributed by atoms with Crippen molar-refractivity contribution in [1.82, 2.24) is 10.3 Å². The summed E-state index contributed by atoms with van der Waals surface area (Å²) in [6.45, 7) is 8.00. The zero-order valence-corrected chi connectivity index (χ0v) is 16.5. The van der Waals surface area contributed by atoms with Crippen LogP contribution in [-0.2, 0) is 9.53 Å². The minimum Gasteiger partial charge on any atom is -0.491 e. The summed E-state index contributed by atoms with van der Waals surface area (Å²) in [6.07, 6.45) is 3.76. The number of ether oxygens (including phenoxy) is 1. The number of fused-ring (bicyclic) bond motifs is 1. The summed E-state index contributed by atoms with van der Waals surface area (Å²) in [5, 5.41) is 4.06. The number of carbonyl (C=O) groups is 1. The van der Waals surface area contributed by atoms with E-state index in [1.807, 2.05) is 20.0 Å². The summed E-state index contributed by atoms with van der Waals surface area (Å²) in [5.74, 6) is 0.110. The van der Waals surface area contributed by atoms with Crippen LogP contribution in [0.5, 0.6) is 0 Å². The van der Waals surface area contributed by atoms with Gasteiger partial charge >= 0.3 is 0 Å². The van der Waals surface area contributed by atoms with Gasteiger partial charge < -0.3 is 15.0 Å². The third-order valence-corrected chi connectivity index (χ3v) is 4.63. The number of H-pyrrole nitrogens is 1. The molecular formula is C23H26N2O2. The molecule has 0 saturated carbocycles. The van der Waals surface area contributed by atoms with Gasteiger partial charge in [0, 0.05) is 17.8 Å². The van der Waals surface area contributed by atoms with Gasteiger partial charge in [-0.1, -0.05) is 18.2 Å². The van der Waals surface area contributed by atoms with Gasteiger partial charge in [0.1, 0.15) is 0 Å². The van der Waals surface area contributed by atoms with Crippen molar-refractivity contribution in [2.75, 3.05) is 7.11 Å². The van der Waals surface area contributed by atoms with Crippen LogP contribution in [0.1, 0.15) is 30.5 Å². The lowest BCUT2D eigenvalue weighted by Crippen LogP contribution is -2.31. The standard InChI is InChI=1S/C23H26N2O2/c1-14(2)25-23(26)22(27-5)13-19-10-16(4)20(11-15(19)3)17-6-7-21-18(12-17)8-9-24-21/h6-14,24H,1-5H3,(H,25,26). The lowest BCUT2D eigenvalue weighted by Gasteiger charge is -2.13. The molecule has 0 saturated heterocycles. The first kappa shape index (κ1) is 18.8. The van der Waals surface area contributed by atoms with E-state index in [9.17, 15) is 4.79 Å². The highest BCUT2D eigenvalue weighted by molar-refractivity contribution is 5.96. The second kappa shape index (κ2) is 7.70. The summed E-state index contributed by atoms with van der Waals surface area (Å²) >= 11 is 0. The Kier molecular flexibility index (Phi) is 5.36. The molecule has 0 aliphatic rings. The monoisotopic (exact) mass is 362 g/mol. The molecule has 0 atom stereocenters. The molecular weight excluding hydrogens is 336 g/mol. The maximum Gasteiger partial charge on any atom is 0.286 e. The molecule has 3 aromatic rings. The minimum absolute atomic E-state index is 0.0598. The van der Waals surface area contributed by atoms with Crippen molar-refractivity contribution < 1.29 is 9.53 Å². The van der Waals surface area contributed by atoms with Crippen LogP contribution in [0.4, 0.5) is 0 Å². The van der Waals surface area contributed by atoms with Gasteiger partial charge in [-0.15, -0.1) is 0 Å². The minimum atomic E-state index is -0.202. The SMILES string of the molecule is COC(=Cc1cc(C)c(-c2ccc3[nH]ccc3c2)cc1C)C(=O)NC(C)C. The van der Waals surface area contributed by atoms with Crippen LogP contribution in [0, 0.1) is 13.8 Å². The molecule has 1 amide bonds. The summed E-state index contributed by atoms with van der Waals surface area (Å²) in [5.41, 5.74) is 6.74. The molecule has 27 heavy (non-hydrogen) atoms. The maximum atomic E-state index is 12.3. The fraction of sp³-hybridized carbons (Fsp3) is 0.261. The third kappa shape index (κ3) is 4.05. The van der Waals surface area contributed by atoms with Crippen molar-refractivity contribution in [3.8, 4) is 11.1 Å². The van der Waals surface area contributed by atoms with Crippen molar-refractivity contribution in [2.45, 2.75) is 33.7 Å². The fourth-order valence-electron chi connectivity index (χ4n) is 3.22. The van der Waals surface area contributed by atoms with Gasteiger partial charge in [0.05, 0.1) is 7.11 Å². The molecule has 0 aliphatic heterocycles. The van der Waals surface area contributed by atoms with Gasteiger partial charge in [0.15, 0.2) is 5.76 Å². The molecule has 0 aliphatic carbocycles. The first-order valence-electron chi connectivity index (χ1n) is 9.14. The molecule has 1 aromatic heterocycles. The van der Waals surface area contributed by atoms with Crippen LogP contribution in [0.2, 0.25) is 0 Å². The average molecular weight is 362 g/mol. The van der Waals surface area contributed by atoms with Crippen LogP contribution >= 0.6 is 0 Å². The van der Waals surface area contributed by atoms with Crippen LogP contribution in [0.3, 0.4) is 0 Å². The molecule has 2 aromatic carbocycles. The van der Waals surface area contributed by atoms with E-state index in [1.54, 1.807) is 6.08 Å². The number of nitrogens with one attached hydrogen (secondary N) is 2. The fourth-order valence-corrected chi connectivity index (χ4v) is 3.22. The highest BCUT2D eigenvalue weighted by Gasteiger charge is 2.13. The van der Waals surface area contributed by atoms with E-state index >= 15 is 0 Å². The Bertz CT molecular complexity index is 1010. The highest BCUT2D eigenvalue weighted by atomic mass is 16.5. The van der Waals surface area contributed by atoms with Gasteiger partial charge in [-0.3, -0.25) is 4.79 Å². The maximum absolute atomic E-state index is 12.3. The number of rotatable bonds is 5. The van der Waals surface area contributed by atoms with Gasteiger partial charge in [0.2, 0.25) is 0 Å². The summed E-state index contributed by atoms with van der Waals surface area (Å²) in [7, 11) is 1.52. The third-order valence-electron chi connectivity index (χ3n) is 4.63. The number of amides is 1. The highest BCUT2D eigenvalue weighted by Crippen LogP contribution is 2.30. The topological polar surface area (TPSA) is 54.1 Å². The number of aromatic amines is 1. The summed E-state index contributed by atoms with van der Waals surface area (Å²) < 4.78 is 5.31. The molecule has 3 rings (SSSR count). The molecule has 0 bridgehead atoms. The zero-order chi connectivity index (χ0) is 19.6. The van der Waals surface area contributed by atoms with E-state index in [0.29, 0.717) is 5.76 Å². The predicted molar refractivity (Wildman–Crippen MR) is 111 cm³/mol. The zero-order valence-electron chi connectivity index (χ0n) is 16.5. The van der Waals surface area contributed by atoms with Gasteiger partial charge in [-0.05, 0) is 85.2 Å². The summed E-state index contributed by atoms with van der Waals surface area (Å²) in [4.78, 5) is 15.5. The van der Waals surface area contributed by atoms with Gasteiger partial charge in [-0.25, -0.2) is 0 Å². The van der Waals surface area contributed by atoms with E-state index in [0.717, 1.165) is 22.2 Å². The smallest absolute Gasteiger partial charge is 0.286 e. The van der Waals surface area contributed by atoms with Crippen LogP contribution in [-0.4, -0.2) is 24.0 Å². The molecule has 0 radical (unpaired) electrons. The van der Waals surface area contributed by atoms with Gasteiger partial charge in [0.25, 0.3) is 5.91 Å².